The van der Waals surface area contributed by atoms with Crippen molar-refractivity contribution in [2.75, 3.05) is 14.2 Å². The summed E-state index contributed by atoms with van der Waals surface area (Å²) in [6.45, 7) is 5.91. The molecule has 0 aliphatic heterocycles. The highest BCUT2D eigenvalue weighted by Gasteiger charge is 2.19. The smallest absolute Gasteiger partial charge is 0.394 e. The molecular formula is C10H22NO3Si. The van der Waals surface area contributed by atoms with Crippen LogP contribution in [0.1, 0.15) is 27.2 Å². The van der Waals surface area contributed by atoms with Crippen LogP contribution in [0.25, 0.3) is 0 Å². The van der Waals surface area contributed by atoms with Gasteiger partial charge in [0.25, 0.3) is 0 Å². The van der Waals surface area contributed by atoms with Crippen molar-refractivity contribution in [1.29, 1.82) is 0 Å². The minimum absolute atomic E-state index is 0.231. The van der Waals surface area contributed by atoms with Crippen LogP contribution in [0.5, 0.6) is 0 Å². The average Bonchev–Trinajstić information content (AvgIpc) is 2.18. The van der Waals surface area contributed by atoms with E-state index in [0.29, 0.717) is 0 Å². The van der Waals surface area contributed by atoms with Gasteiger partial charge in [-0.1, -0.05) is 13.0 Å². The van der Waals surface area contributed by atoms with E-state index in [1.807, 2.05) is 32.5 Å². The van der Waals surface area contributed by atoms with Crippen LogP contribution >= 0.6 is 0 Å². The largest absolute Gasteiger partial charge is 0.414 e. The van der Waals surface area contributed by atoms with Gasteiger partial charge in [0.2, 0.25) is 0 Å². The molecule has 0 saturated carbocycles. The summed E-state index contributed by atoms with van der Waals surface area (Å²) in [6, 6.07) is 0. The van der Waals surface area contributed by atoms with Gasteiger partial charge in [-0.05, 0) is 26.0 Å². The molecule has 5 heteroatoms. The molecule has 0 rings (SSSR count). The molecular weight excluding hydrogens is 210 g/mol. The summed E-state index contributed by atoms with van der Waals surface area (Å²) >= 11 is 0. The van der Waals surface area contributed by atoms with Gasteiger partial charge in [0.1, 0.15) is 6.23 Å². The molecule has 0 aliphatic carbocycles. The van der Waals surface area contributed by atoms with Crippen LogP contribution in [-0.4, -0.2) is 35.3 Å². The molecule has 4 nitrogen and oxygen atoms in total. The van der Waals surface area contributed by atoms with Crippen molar-refractivity contribution >= 4 is 9.28 Å². The Morgan fingerprint density at radius 2 is 1.87 bits per heavy atom. The van der Waals surface area contributed by atoms with Crippen LogP contribution in [0.2, 0.25) is 0 Å². The second-order valence-electron chi connectivity index (χ2n) is 3.73. The molecule has 0 amide bonds. The fourth-order valence-electron chi connectivity index (χ4n) is 1.00. The first kappa shape index (κ1) is 14.8. The normalized spacial score (nSPS) is 15.1. The van der Waals surface area contributed by atoms with E-state index in [4.69, 9.17) is 19.3 Å². The molecule has 15 heavy (non-hydrogen) atoms. The highest BCUT2D eigenvalue weighted by Crippen LogP contribution is 2.14. The van der Waals surface area contributed by atoms with Gasteiger partial charge in [-0.3, -0.25) is 0 Å². The molecule has 0 aromatic heterocycles. The van der Waals surface area contributed by atoms with Crippen molar-refractivity contribution in [2.45, 2.75) is 39.0 Å². The third kappa shape index (κ3) is 6.81. The number of hydrogen-bond donors (Lipinski definition) is 1. The van der Waals surface area contributed by atoms with Crippen molar-refractivity contribution in [3.8, 4) is 0 Å². The van der Waals surface area contributed by atoms with E-state index >= 15 is 0 Å². The zero-order valence-electron chi connectivity index (χ0n) is 10.2. The Morgan fingerprint density at radius 1 is 1.33 bits per heavy atom. The van der Waals surface area contributed by atoms with Crippen LogP contribution in [0, 0.1) is 0 Å². The standard InChI is InChI=1S/C10H22NO3Si/c1-6-9(11)14-10(2,3)7-8-15(12-4)13-5/h7-9H,6,11H2,1-5H3. The first-order chi connectivity index (χ1) is 6.95. The third-order valence-electron chi connectivity index (χ3n) is 1.88. The van der Waals surface area contributed by atoms with Gasteiger partial charge in [-0.15, -0.1) is 0 Å². The number of nitrogens with two attached hydrogens (primary N) is 1. The molecule has 1 atom stereocenters. The van der Waals surface area contributed by atoms with Crippen LogP contribution in [0.3, 0.4) is 0 Å². The molecule has 0 spiro atoms. The van der Waals surface area contributed by atoms with Gasteiger partial charge < -0.3 is 19.3 Å². The predicted octanol–water partition coefficient (Wildman–Crippen LogP) is 1.35. The van der Waals surface area contributed by atoms with E-state index in [0.717, 1.165) is 6.42 Å². The lowest BCUT2D eigenvalue weighted by molar-refractivity contribution is -0.0392. The van der Waals surface area contributed by atoms with E-state index in [1.54, 1.807) is 14.2 Å². The minimum atomic E-state index is -1.30. The number of rotatable bonds is 7. The van der Waals surface area contributed by atoms with Crippen molar-refractivity contribution in [1.82, 2.24) is 0 Å². The zero-order valence-corrected chi connectivity index (χ0v) is 11.2. The van der Waals surface area contributed by atoms with Crippen molar-refractivity contribution in [3.63, 3.8) is 0 Å². The van der Waals surface area contributed by atoms with E-state index in [9.17, 15) is 0 Å². The highest BCUT2D eigenvalue weighted by atomic mass is 28.3. The van der Waals surface area contributed by atoms with Crippen molar-refractivity contribution in [2.24, 2.45) is 5.73 Å². The summed E-state index contributed by atoms with van der Waals surface area (Å²) < 4.78 is 15.9. The topological polar surface area (TPSA) is 53.7 Å². The monoisotopic (exact) mass is 232 g/mol. The molecule has 0 aliphatic rings. The summed E-state index contributed by atoms with van der Waals surface area (Å²) in [5.74, 6) is 0. The second-order valence-corrected chi connectivity index (χ2v) is 5.52. The molecule has 0 fully saturated rings. The Kier molecular flexibility index (Phi) is 7.04. The lowest BCUT2D eigenvalue weighted by Gasteiger charge is -2.25. The molecule has 0 heterocycles. The zero-order chi connectivity index (χ0) is 11.9. The van der Waals surface area contributed by atoms with Gasteiger partial charge in [0, 0.05) is 14.2 Å². The van der Waals surface area contributed by atoms with Crippen molar-refractivity contribution in [3.05, 3.63) is 11.8 Å². The number of hydrogen-bond acceptors (Lipinski definition) is 4. The van der Waals surface area contributed by atoms with Crippen LogP contribution in [0.15, 0.2) is 11.8 Å². The fourth-order valence-corrected chi connectivity index (χ4v) is 1.98. The SMILES string of the molecule is CCC(N)OC(C)(C)C=C[Si](OC)OC. The third-order valence-corrected chi connectivity index (χ3v) is 3.12. The quantitative estimate of drug-likeness (QED) is 0.532. The van der Waals surface area contributed by atoms with E-state index in [-0.39, 0.29) is 11.8 Å². The van der Waals surface area contributed by atoms with Gasteiger partial charge in [-0.25, -0.2) is 0 Å². The molecule has 1 radical (unpaired) electrons. The maximum atomic E-state index is 5.72. The van der Waals surface area contributed by atoms with Gasteiger partial charge in [0.05, 0.1) is 5.60 Å². The van der Waals surface area contributed by atoms with Crippen LogP contribution in [0.4, 0.5) is 0 Å². The Morgan fingerprint density at radius 3 is 2.27 bits per heavy atom. The minimum Gasteiger partial charge on any atom is -0.394 e. The molecule has 89 valence electrons. The van der Waals surface area contributed by atoms with E-state index in [1.165, 1.54) is 0 Å². The molecule has 0 bridgehead atoms. The summed E-state index contributed by atoms with van der Waals surface area (Å²) in [5.41, 5.74) is 7.24. The number of ether oxygens (including phenoxy) is 1. The van der Waals surface area contributed by atoms with Gasteiger partial charge in [-0.2, -0.15) is 0 Å². The Balaban J connectivity index is 4.22. The summed E-state index contributed by atoms with van der Waals surface area (Å²) in [4.78, 5) is 0. The van der Waals surface area contributed by atoms with E-state index in [2.05, 4.69) is 0 Å². The molecule has 1 unspecified atom stereocenters. The lowest BCUT2D eigenvalue weighted by Crippen LogP contribution is -2.34. The molecule has 0 saturated heterocycles. The van der Waals surface area contributed by atoms with Gasteiger partial charge in [0.15, 0.2) is 0 Å². The lowest BCUT2D eigenvalue weighted by atomic mass is 10.1. The Labute approximate surface area is 94.2 Å². The summed E-state index contributed by atoms with van der Waals surface area (Å²) in [5, 5.41) is 0. The summed E-state index contributed by atoms with van der Waals surface area (Å²) in [7, 11) is 1.97. The first-order valence-electron chi connectivity index (χ1n) is 5.02. The average molecular weight is 232 g/mol. The Bertz CT molecular complexity index is 193. The first-order valence-corrected chi connectivity index (χ1v) is 6.42. The molecule has 0 aromatic carbocycles. The maximum Gasteiger partial charge on any atom is 0.414 e. The Hall–Kier alpha value is -0.203. The maximum absolute atomic E-state index is 5.72. The van der Waals surface area contributed by atoms with Crippen molar-refractivity contribution < 1.29 is 13.6 Å². The highest BCUT2D eigenvalue weighted by molar-refractivity contribution is 6.50. The van der Waals surface area contributed by atoms with Crippen LogP contribution < -0.4 is 5.73 Å². The molecule has 2 N–H and O–H groups in total. The fraction of sp³-hybridized carbons (Fsp3) is 0.800. The van der Waals surface area contributed by atoms with Gasteiger partial charge >= 0.3 is 9.28 Å². The van der Waals surface area contributed by atoms with Crippen LogP contribution in [-0.2, 0) is 13.6 Å². The molecule has 0 aromatic rings. The summed E-state index contributed by atoms with van der Waals surface area (Å²) in [6.07, 6.45) is 2.50. The second kappa shape index (κ2) is 7.13. The predicted molar refractivity (Wildman–Crippen MR) is 62.3 cm³/mol. The van der Waals surface area contributed by atoms with E-state index < -0.39 is 9.28 Å².